The summed E-state index contributed by atoms with van der Waals surface area (Å²) in [5.74, 6) is 0.179. The maximum Gasteiger partial charge on any atom is 0.232 e. The number of hydrogen-bond donors (Lipinski definition) is 0. The van der Waals surface area contributed by atoms with Gasteiger partial charge in [0, 0.05) is 18.3 Å². The van der Waals surface area contributed by atoms with Crippen molar-refractivity contribution in [2.24, 2.45) is 0 Å². The highest BCUT2D eigenvalue weighted by Crippen LogP contribution is 2.12. The minimum atomic E-state index is 0.179. The number of imidazole rings is 1. The van der Waals surface area contributed by atoms with Gasteiger partial charge in [-0.2, -0.15) is 0 Å². The summed E-state index contributed by atoms with van der Waals surface area (Å²) < 4.78 is 1.64. The Kier molecular flexibility index (Phi) is 1.09. The van der Waals surface area contributed by atoms with Crippen molar-refractivity contribution in [1.82, 2.24) is 9.55 Å². The maximum absolute atomic E-state index is 11.1. The van der Waals surface area contributed by atoms with E-state index in [-0.39, 0.29) is 5.91 Å². The molecule has 0 saturated carbocycles. The zero-order chi connectivity index (χ0) is 6.97. The third-order valence-corrected chi connectivity index (χ3v) is 1.81. The average molecular weight is 136 g/mol. The number of fused-ring (bicyclic) bond motifs is 1. The van der Waals surface area contributed by atoms with Crippen LogP contribution in [0, 0.1) is 0 Å². The lowest BCUT2D eigenvalue weighted by atomic mass is 10.1. The molecule has 1 aliphatic rings. The van der Waals surface area contributed by atoms with Crippen LogP contribution in [0.3, 0.4) is 0 Å². The normalized spacial score (nSPS) is 17.0. The molecule has 0 N–H and O–H groups in total. The lowest BCUT2D eigenvalue weighted by molar-refractivity contribution is 0.0884. The molecule has 0 radical (unpaired) electrons. The van der Waals surface area contributed by atoms with Crippen molar-refractivity contribution >= 4 is 5.91 Å². The summed E-state index contributed by atoms with van der Waals surface area (Å²) in [7, 11) is 0. The van der Waals surface area contributed by atoms with E-state index in [9.17, 15) is 4.79 Å². The van der Waals surface area contributed by atoms with Crippen molar-refractivity contribution in [2.75, 3.05) is 0 Å². The molecular formula is C7H8N2O. The van der Waals surface area contributed by atoms with Gasteiger partial charge in [0.1, 0.15) is 6.33 Å². The lowest BCUT2D eigenvalue weighted by Gasteiger charge is -2.10. The molecule has 3 heteroatoms. The zero-order valence-corrected chi connectivity index (χ0v) is 5.58. The quantitative estimate of drug-likeness (QED) is 0.530. The largest absolute Gasteiger partial charge is 0.274 e. The van der Waals surface area contributed by atoms with Gasteiger partial charge in [0.25, 0.3) is 0 Å². The standard InChI is InChI=1S/C7H8N2O/c10-7-3-1-2-6-4-8-5-9(6)7/h4-5H,1-3H2. The molecule has 0 atom stereocenters. The minimum Gasteiger partial charge on any atom is -0.274 e. The number of carbonyl (C=O) groups excluding carboxylic acids is 1. The summed E-state index contributed by atoms with van der Waals surface area (Å²) in [6.45, 7) is 0. The van der Waals surface area contributed by atoms with Crippen molar-refractivity contribution < 1.29 is 4.79 Å². The molecule has 0 amide bonds. The van der Waals surface area contributed by atoms with Crippen LogP contribution in [-0.2, 0) is 6.42 Å². The van der Waals surface area contributed by atoms with Gasteiger partial charge in [-0.1, -0.05) is 0 Å². The third-order valence-electron chi connectivity index (χ3n) is 1.81. The first-order valence-corrected chi connectivity index (χ1v) is 3.42. The molecule has 1 aromatic heterocycles. The Balaban J connectivity index is 2.50. The molecule has 0 spiro atoms. The van der Waals surface area contributed by atoms with Crippen LogP contribution in [0.4, 0.5) is 0 Å². The van der Waals surface area contributed by atoms with Gasteiger partial charge < -0.3 is 0 Å². The highest BCUT2D eigenvalue weighted by Gasteiger charge is 2.14. The van der Waals surface area contributed by atoms with Gasteiger partial charge in [-0.15, -0.1) is 0 Å². The molecule has 0 saturated heterocycles. The molecule has 2 rings (SSSR count). The van der Waals surface area contributed by atoms with E-state index in [1.807, 2.05) is 0 Å². The third kappa shape index (κ3) is 0.667. The van der Waals surface area contributed by atoms with Gasteiger partial charge in [-0.3, -0.25) is 9.36 Å². The average Bonchev–Trinajstić information content (AvgIpc) is 2.36. The van der Waals surface area contributed by atoms with E-state index in [0.717, 1.165) is 18.5 Å². The first-order chi connectivity index (χ1) is 4.88. The second-order valence-corrected chi connectivity index (χ2v) is 2.50. The SMILES string of the molecule is O=C1CCCc2cncn21. The predicted molar refractivity (Wildman–Crippen MR) is 35.8 cm³/mol. The van der Waals surface area contributed by atoms with Crippen LogP contribution >= 0.6 is 0 Å². The van der Waals surface area contributed by atoms with E-state index in [2.05, 4.69) is 4.98 Å². The Labute approximate surface area is 58.7 Å². The molecule has 52 valence electrons. The fourth-order valence-corrected chi connectivity index (χ4v) is 1.27. The van der Waals surface area contributed by atoms with Crippen molar-refractivity contribution in [3.8, 4) is 0 Å². The van der Waals surface area contributed by atoms with Gasteiger partial charge in [0.05, 0.1) is 0 Å². The van der Waals surface area contributed by atoms with E-state index in [0.29, 0.717) is 6.42 Å². The molecule has 1 aromatic rings. The van der Waals surface area contributed by atoms with Gasteiger partial charge >= 0.3 is 0 Å². The van der Waals surface area contributed by atoms with Crippen LogP contribution < -0.4 is 0 Å². The second kappa shape index (κ2) is 1.94. The molecule has 10 heavy (non-hydrogen) atoms. The van der Waals surface area contributed by atoms with Crippen LogP contribution in [-0.4, -0.2) is 15.5 Å². The number of hydrogen-bond acceptors (Lipinski definition) is 2. The van der Waals surface area contributed by atoms with Crippen molar-refractivity contribution in [1.29, 1.82) is 0 Å². The fourth-order valence-electron chi connectivity index (χ4n) is 1.27. The van der Waals surface area contributed by atoms with Crippen molar-refractivity contribution in [2.45, 2.75) is 19.3 Å². The van der Waals surface area contributed by atoms with Crippen LogP contribution in [0.5, 0.6) is 0 Å². The van der Waals surface area contributed by atoms with E-state index >= 15 is 0 Å². The van der Waals surface area contributed by atoms with Gasteiger partial charge in [0.15, 0.2) is 0 Å². The predicted octanol–water partition coefficient (Wildman–Crippen LogP) is 0.860. The molecule has 2 heterocycles. The summed E-state index contributed by atoms with van der Waals surface area (Å²) in [5.41, 5.74) is 1.05. The number of aryl methyl sites for hydroxylation is 1. The maximum atomic E-state index is 11.1. The highest BCUT2D eigenvalue weighted by molar-refractivity contribution is 5.80. The molecule has 0 unspecified atom stereocenters. The summed E-state index contributed by atoms with van der Waals surface area (Å²) in [6.07, 6.45) is 5.99. The first kappa shape index (κ1) is 5.65. The van der Waals surface area contributed by atoms with E-state index in [1.54, 1.807) is 17.1 Å². The van der Waals surface area contributed by atoms with Crippen LogP contribution in [0.15, 0.2) is 12.5 Å². The van der Waals surface area contributed by atoms with Crippen molar-refractivity contribution in [3.63, 3.8) is 0 Å². The minimum absolute atomic E-state index is 0.179. The second-order valence-electron chi connectivity index (χ2n) is 2.50. The molecule has 0 aromatic carbocycles. The molecule has 0 bridgehead atoms. The summed E-state index contributed by atoms with van der Waals surface area (Å²) in [5, 5.41) is 0. The van der Waals surface area contributed by atoms with Gasteiger partial charge in [-0.05, 0) is 12.8 Å². The highest BCUT2D eigenvalue weighted by atomic mass is 16.2. The van der Waals surface area contributed by atoms with Crippen LogP contribution in [0.25, 0.3) is 0 Å². The molecule has 3 nitrogen and oxygen atoms in total. The van der Waals surface area contributed by atoms with Gasteiger partial charge in [0.2, 0.25) is 5.91 Å². The smallest absolute Gasteiger partial charge is 0.232 e. The first-order valence-electron chi connectivity index (χ1n) is 3.42. The fraction of sp³-hybridized carbons (Fsp3) is 0.429. The number of aromatic nitrogens is 2. The van der Waals surface area contributed by atoms with Crippen LogP contribution in [0.1, 0.15) is 23.3 Å². The van der Waals surface area contributed by atoms with Crippen molar-refractivity contribution in [3.05, 3.63) is 18.2 Å². The van der Waals surface area contributed by atoms with Gasteiger partial charge in [-0.25, -0.2) is 4.98 Å². The summed E-state index contributed by atoms with van der Waals surface area (Å²) in [6, 6.07) is 0. The Morgan fingerprint density at radius 3 is 3.20 bits per heavy atom. The number of carbonyl (C=O) groups is 1. The summed E-state index contributed by atoms with van der Waals surface area (Å²) >= 11 is 0. The summed E-state index contributed by atoms with van der Waals surface area (Å²) in [4.78, 5) is 15.0. The van der Waals surface area contributed by atoms with E-state index in [4.69, 9.17) is 0 Å². The van der Waals surface area contributed by atoms with E-state index < -0.39 is 0 Å². The molecule has 0 fully saturated rings. The monoisotopic (exact) mass is 136 g/mol. The Hall–Kier alpha value is -1.12. The number of rotatable bonds is 0. The Bertz CT molecular complexity index is 264. The lowest BCUT2D eigenvalue weighted by Crippen LogP contribution is -2.17. The molecular weight excluding hydrogens is 128 g/mol. The van der Waals surface area contributed by atoms with E-state index in [1.165, 1.54) is 0 Å². The zero-order valence-electron chi connectivity index (χ0n) is 5.58. The Morgan fingerprint density at radius 1 is 1.50 bits per heavy atom. The number of nitrogens with zero attached hydrogens (tertiary/aromatic N) is 2. The topological polar surface area (TPSA) is 34.9 Å². The Morgan fingerprint density at radius 2 is 2.40 bits per heavy atom. The molecule has 0 aliphatic carbocycles. The molecule has 1 aliphatic heterocycles. The van der Waals surface area contributed by atoms with Crippen LogP contribution in [0.2, 0.25) is 0 Å².